The highest BCUT2D eigenvalue weighted by molar-refractivity contribution is 6.11. The van der Waals surface area contributed by atoms with E-state index in [2.05, 4.69) is 132 Å². The summed E-state index contributed by atoms with van der Waals surface area (Å²) in [6.07, 6.45) is 2.01. The zero-order valence-electron chi connectivity index (χ0n) is 23.3. The van der Waals surface area contributed by atoms with Crippen molar-refractivity contribution in [2.75, 3.05) is 4.90 Å². The third kappa shape index (κ3) is 3.58. The summed E-state index contributed by atoms with van der Waals surface area (Å²) in [5, 5.41) is 2.36. The van der Waals surface area contributed by atoms with Crippen LogP contribution in [0.3, 0.4) is 0 Å². The lowest BCUT2D eigenvalue weighted by Crippen LogP contribution is -2.23. The van der Waals surface area contributed by atoms with Gasteiger partial charge in [0, 0.05) is 24.2 Å². The van der Waals surface area contributed by atoms with E-state index in [0.29, 0.717) is 0 Å². The van der Waals surface area contributed by atoms with E-state index in [1.54, 1.807) is 0 Å². The van der Waals surface area contributed by atoms with Gasteiger partial charge in [0.1, 0.15) is 11.2 Å². The predicted octanol–water partition coefficient (Wildman–Crippen LogP) is 9.94. The maximum Gasteiger partial charge on any atom is 0.137 e. The van der Waals surface area contributed by atoms with Crippen LogP contribution in [0, 0.1) is 0 Å². The Kier molecular flexibility index (Phi) is 5.18. The Balaban J connectivity index is 1.24. The van der Waals surface area contributed by atoms with Crippen LogP contribution in [0.2, 0.25) is 0 Å². The van der Waals surface area contributed by atoms with Gasteiger partial charge >= 0.3 is 0 Å². The molecule has 200 valence electrons. The average Bonchev–Trinajstić information content (AvgIpc) is 3.72. The summed E-state index contributed by atoms with van der Waals surface area (Å²) in [6, 6.07) is 46.5. The van der Waals surface area contributed by atoms with Crippen molar-refractivity contribution in [3.8, 4) is 22.3 Å². The van der Waals surface area contributed by atoms with Crippen molar-refractivity contribution in [2.24, 2.45) is 0 Å². The fourth-order valence-corrected chi connectivity index (χ4v) is 7.46. The van der Waals surface area contributed by atoms with Crippen LogP contribution >= 0.6 is 0 Å². The molecule has 1 heterocycles. The molecule has 0 amide bonds. The lowest BCUT2D eigenvalue weighted by atomic mass is 9.96. The first kappa shape index (κ1) is 23.6. The van der Waals surface area contributed by atoms with E-state index >= 15 is 0 Å². The maximum absolute atomic E-state index is 6.36. The third-order valence-corrected chi connectivity index (χ3v) is 9.25. The topological polar surface area (TPSA) is 16.4 Å². The Labute approximate surface area is 245 Å². The maximum atomic E-state index is 6.36. The lowest BCUT2D eigenvalue weighted by molar-refractivity contribution is 0.668. The molecule has 0 unspecified atom stereocenters. The number of benzene rings is 6. The second kappa shape index (κ2) is 9.22. The first-order chi connectivity index (χ1) is 20.8. The lowest BCUT2D eigenvalue weighted by Gasteiger charge is -2.28. The van der Waals surface area contributed by atoms with Gasteiger partial charge in [0.2, 0.25) is 0 Å². The van der Waals surface area contributed by atoms with Gasteiger partial charge in [-0.1, -0.05) is 109 Å². The van der Waals surface area contributed by atoms with Crippen molar-refractivity contribution in [2.45, 2.75) is 25.9 Å². The molecule has 2 heteroatoms. The van der Waals surface area contributed by atoms with Crippen molar-refractivity contribution in [1.82, 2.24) is 0 Å². The molecule has 0 atom stereocenters. The molecule has 0 bridgehead atoms. The molecule has 6 aromatic carbocycles. The van der Waals surface area contributed by atoms with E-state index in [9.17, 15) is 0 Å². The molecule has 2 aliphatic rings. The molecule has 0 N–H and O–H groups in total. The molecule has 1 aromatic heterocycles. The highest BCUT2D eigenvalue weighted by atomic mass is 16.3. The smallest absolute Gasteiger partial charge is 0.137 e. The number of fused-ring (bicyclic) bond motifs is 9. The Morgan fingerprint density at radius 2 is 1.00 bits per heavy atom. The van der Waals surface area contributed by atoms with Crippen LogP contribution in [0.25, 0.3) is 44.2 Å². The number of nitrogens with zero attached hydrogens (tertiary/aromatic N) is 1. The minimum atomic E-state index is 0.807. The molecule has 2 nitrogen and oxygen atoms in total. The Morgan fingerprint density at radius 1 is 0.476 bits per heavy atom. The van der Waals surface area contributed by atoms with Gasteiger partial charge in [0.15, 0.2) is 0 Å². The van der Waals surface area contributed by atoms with Crippen LogP contribution in [0.15, 0.2) is 132 Å². The largest absolute Gasteiger partial charge is 0.456 e. The second-order valence-electron chi connectivity index (χ2n) is 11.7. The molecule has 0 fully saturated rings. The van der Waals surface area contributed by atoms with E-state index in [-0.39, 0.29) is 0 Å². The highest BCUT2D eigenvalue weighted by Gasteiger charge is 2.26. The summed E-state index contributed by atoms with van der Waals surface area (Å²) in [5.41, 5.74) is 17.1. The monoisotopic (exact) mass is 539 g/mol. The number of hydrogen-bond acceptors (Lipinski definition) is 2. The number of para-hydroxylation sites is 1. The zero-order valence-corrected chi connectivity index (χ0v) is 23.3. The van der Waals surface area contributed by atoms with Gasteiger partial charge in [-0.15, -0.1) is 0 Å². The molecule has 0 spiro atoms. The van der Waals surface area contributed by atoms with Gasteiger partial charge in [-0.05, 0) is 86.7 Å². The first-order valence-corrected chi connectivity index (χ1v) is 14.8. The molecule has 7 aromatic rings. The van der Waals surface area contributed by atoms with Crippen molar-refractivity contribution in [1.29, 1.82) is 0 Å². The third-order valence-electron chi connectivity index (χ3n) is 9.25. The second-order valence-corrected chi connectivity index (χ2v) is 11.7. The van der Waals surface area contributed by atoms with Crippen LogP contribution < -0.4 is 4.90 Å². The summed E-state index contributed by atoms with van der Waals surface area (Å²) >= 11 is 0. The Bertz CT molecular complexity index is 2070. The first-order valence-electron chi connectivity index (χ1n) is 14.8. The minimum absolute atomic E-state index is 0.807. The van der Waals surface area contributed by atoms with Crippen LogP contribution in [0.4, 0.5) is 5.69 Å². The fraction of sp³-hybridized carbons (Fsp3) is 0.100. The van der Waals surface area contributed by atoms with Crippen molar-refractivity contribution < 1.29 is 4.42 Å². The van der Waals surface area contributed by atoms with E-state index < -0.39 is 0 Å². The number of hydrogen-bond donors (Lipinski definition) is 0. The highest BCUT2D eigenvalue weighted by Crippen LogP contribution is 2.43. The van der Waals surface area contributed by atoms with Gasteiger partial charge in [-0.3, -0.25) is 0 Å². The van der Waals surface area contributed by atoms with E-state index in [1.165, 1.54) is 72.1 Å². The van der Waals surface area contributed by atoms with Crippen LogP contribution in [-0.4, -0.2) is 0 Å². The number of furan rings is 1. The molecule has 9 rings (SSSR count). The predicted molar refractivity (Wildman–Crippen MR) is 173 cm³/mol. The van der Waals surface area contributed by atoms with E-state index in [0.717, 1.165) is 37.1 Å². The van der Waals surface area contributed by atoms with Gasteiger partial charge in [0.25, 0.3) is 0 Å². The molecule has 2 aliphatic carbocycles. The van der Waals surface area contributed by atoms with Gasteiger partial charge in [-0.2, -0.15) is 0 Å². The standard InChI is InChI=1S/C40H29NO/c1-3-16-32-26(10-1)22-28-12-7-14-30(38(28)32)24-41(35-19-9-21-37-40(35)34-18-5-6-20-36(34)42-37)25-31-15-8-13-29-23-27-11-2-4-17-33(27)39(29)31/h1-21H,22-25H2. The van der Waals surface area contributed by atoms with Crippen molar-refractivity contribution in [3.05, 3.63) is 161 Å². The molecule has 0 aliphatic heterocycles. The Morgan fingerprint density at radius 3 is 1.67 bits per heavy atom. The van der Waals surface area contributed by atoms with Gasteiger partial charge < -0.3 is 9.32 Å². The Hall–Kier alpha value is -5.08. The van der Waals surface area contributed by atoms with E-state index in [1.807, 2.05) is 0 Å². The molecular formula is C40H29NO. The summed E-state index contributed by atoms with van der Waals surface area (Å²) < 4.78 is 6.36. The molecule has 0 saturated carbocycles. The van der Waals surface area contributed by atoms with Crippen molar-refractivity contribution in [3.63, 3.8) is 0 Å². The average molecular weight is 540 g/mol. The summed E-state index contributed by atoms with van der Waals surface area (Å²) in [6.45, 7) is 1.61. The zero-order chi connectivity index (χ0) is 27.6. The number of rotatable bonds is 5. The molecule has 0 radical (unpaired) electrons. The quantitative estimate of drug-likeness (QED) is 0.216. The summed E-state index contributed by atoms with van der Waals surface area (Å²) in [4.78, 5) is 2.58. The molecule has 0 saturated heterocycles. The summed E-state index contributed by atoms with van der Waals surface area (Å²) in [5.74, 6) is 0. The van der Waals surface area contributed by atoms with Crippen molar-refractivity contribution >= 4 is 27.6 Å². The van der Waals surface area contributed by atoms with E-state index in [4.69, 9.17) is 4.42 Å². The fourth-order valence-electron chi connectivity index (χ4n) is 7.46. The van der Waals surface area contributed by atoms with Crippen LogP contribution in [0.5, 0.6) is 0 Å². The molecule has 42 heavy (non-hydrogen) atoms. The van der Waals surface area contributed by atoms with Gasteiger partial charge in [0.05, 0.1) is 5.39 Å². The summed E-state index contributed by atoms with van der Waals surface area (Å²) in [7, 11) is 0. The van der Waals surface area contributed by atoms with Gasteiger partial charge in [-0.25, -0.2) is 0 Å². The van der Waals surface area contributed by atoms with Crippen LogP contribution in [0.1, 0.15) is 33.4 Å². The normalized spacial score (nSPS) is 12.8. The van der Waals surface area contributed by atoms with Crippen LogP contribution in [-0.2, 0) is 25.9 Å². The SMILES string of the molecule is c1ccc2c(c1)Cc1cccc(CN(Cc3cccc4c3-c3ccccc3C4)c3cccc4oc5ccccc5c34)c1-2. The molecular weight excluding hydrogens is 510 g/mol. The minimum Gasteiger partial charge on any atom is -0.456 e. The number of anilines is 1.